The van der Waals surface area contributed by atoms with Crippen molar-refractivity contribution >= 4 is 44.7 Å². The first-order valence-electron chi connectivity index (χ1n) is 19.8. The molecule has 5 amide bonds. The Hall–Kier alpha value is -4.20. The molecule has 1 aromatic carbocycles. The van der Waals surface area contributed by atoms with Crippen molar-refractivity contribution in [1.29, 1.82) is 0 Å². The number of piperidine rings is 1. The van der Waals surface area contributed by atoms with E-state index in [1.54, 1.807) is 16.7 Å². The van der Waals surface area contributed by atoms with Crippen molar-refractivity contribution in [3.05, 3.63) is 47.7 Å². The van der Waals surface area contributed by atoms with E-state index in [1.165, 1.54) is 0 Å². The summed E-state index contributed by atoms with van der Waals surface area (Å²) in [4.78, 5) is 65.1. The Morgan fingerprint density at radius 2 is 1.76 bits per heavy atom. The van der Waals surface area contributed by atoms with E-state index in [0.29, 0.717) is 57.4 Å². The Kier molecular flexibility index (Phi) is 9.41. The first kappa shape index (κ1) is 36.8. The molecule has 2 saturated carbocycles. The highest BCUT2D eigenvalue weighted by Gasteiger charge is 2.64. The number of para-hydroxylation sites is 1. The summed E-state index contributed by atoms with van der Waals surface area (Å²) >= 11 is 0. The zero-order valence-corrected chi connectivity index (χ0v) is 32.1. The smallest absolute Gasteiger partial charge is 0.318 e. The van der Waals surface area contributed by atoms with Crippen LogP contribution in [0.5, 0.6) is 5.75 Å². The third kappa shape index (κ3) is 6.72. The lowest BCUT2D eigenvalue weighted by atomic mass is 9.87. The first-order valence-corrected chi connectivity index (χ1v) is 21.3. The molecule has 14 heteroatoms. The van der Waals surface area contributed by atoms with Gasteiger partial charge in [0.25, 0.3) is 5.91 Å². The Morgan fingerprint density at radius 1 is 1.00 bits per heavy atom. The van der Waals surface area contributed by atoms with Crippen molar-refractivity contribution in [2.45, 2.75) is 132 Å². The van der Waals surface area contributed by atoms with Crippen molar-refractivity contribution in [1.82, 2.24) is 30.1 Å². The maximum atomic E-state index is 14.8. The molecule has 290 valence electrons. The molecule has 3 N–H and O–H groups in total. The number of likely N-dealkylation sites (tertiary alicyclic amines) is 1. The second-order valence-corrected chi connectivity index (χ2v) is 19.0. The number of amides is 5. The van der Waals surface area contributed by atoms with Gasteiger partial charge in [0, 0.05) is 36.4 Å². The van der Waals surface area contributed by atoms with Gasteiger partial charge in [0.05, 0.1) is 22.5 Å². The number of aromatic nitrogens is 1. The standard InChI is InChI=1S/C40H52N6O7S/c1-26-33-29(28-14-9-10-15-30(28)41-26)17-18-39(53-33)24-32-34(47)43-40(36(49)44-54(51,52)38(2)19-20-38)23-27(40)13-7-4-3-5-8-16-31(35(48)46(32)25-39)42-37(50)45-21-11-6-12-22-45/h7,9-10,13-15,27,31-32H,3-6,8,11-12,16-25H2,1-2H3,(H,42,50)(H,43,47)(H,44,49)/t27-,31+,32+,39-,40-/m1/s1. The summed E-state index contributed by atoms with van der Waals surface area (Å²) in [5.41, 5.74) is 0.253. The molecule has 4 aliphatic heterocycles. The van der Waals surface area contributed by atoms with E-state index < -0.39 is 55.7 Å². The lowest BCUT2D eigenvalue weighted by Gasteiger charge is -2.37. The van der Waals surface area contributed by atoms with E-state index in [1.807, 2.05) is 43.3 Å². The van der Waals surface area contributed by atoms with Gasteiger partial charge in [0.1, 0.15) is 29.0 Å². The van der Waals surface area contributed by atoms with Crippen LogP contribution in [-0.2, 0) is 30.8 Å². The van der Waals surface area contributed by atoms with E-state index in [-0.39, 0.29) is 31.3 Å². The van der Waals surface area contributed by atoms with E-state index in [9.17, 15) is 27.6 Å². The van der Waals surface area contributed by atoms with Crippen molar-refractivity contribution in [2.24, 2.45) is 5.92 Å². The van der Waals surface area contributed by atoms with Gasteiger partial charge in [-0.05, 0) is 90.5 Å². The highest BCUT2D eigenvalue weighted by Crippen LogP contribution is 2.49. The van der Waals surface area contributed by atoms with Gasteiger partial charge in [-0.1, -0.05) is 43.2 Å². The van der Waals surface area contributed by atoms with Crippen LogP contribution < -0.4 is 20.1 Å². The van der Waals surface area contributed by atoms with Crippen LogP contribution in [0.4, 0.5) is 4.79 Å². The van der Waals surface area contributed by atoms with E-state index in [0.717, 1.165) is 60.7 Å². The minimum absolute atomic E-state index is 0.112. The number of hydrogen-bond donors (Lipinski definition) is 3. The number of aryl methyl sites for hydroxylation is 2. The van der Waals surface area contributed by atoms with Crippen LogP contribution in [0.15, 0.2) is 36.4 Å². The van der Waals surface area contributed by atoms with Crippen molar-refractivity contribution in [3.8, 4) is 5.75 Å². The van der Waals surface area contributed by atoms with Gasteiger partial charge in [-0.3, -0.25) is 19.1 Å². The molecule has 0 bridgehead atoms. The topological polar surface area (TPSA) is 167 Å². The number of hydrogen-bond acceptors (Lipinski definition) is 8. The predicted molar refractivity (Wildman–Crippen MR) is 202 cm³/mol. The van der Waals surface area contributed by atoms with Crippen LogP contribution in [0, 0.1) is 12.8 Å². The Morgan fingerprint density at radius 3 is 2.54 bits per heavy atom. The number of urea groups is 1. The number of carbonyl (C=O) groups excluding carboxylic acids is 4. The fourth-order valence-electron chi connectivity index (χ4n) is 8.98. The number of ether oxygens (including phenoxy) is 1. The number of rotatable bonds is 4. The average molecular weight is 761 g/mol. The molecule has 2 aromatic rings. The largest absolute Gasteiger partial charge is 0.483 e. The van der Waals surface area contributed by atoms with Crippen LogP contribution in [-0.4, -0.2) is 94.6 Å². The predicted octanol–water partition coefficient (Wildman–Crippen LogP) is 4.17. The van der Waals surface area contributed by atoms with E-state index >= 15 is 0 Å². The second kappa shape index (κ2) is 13.8. The summed E-state index contributed by atoms with van der Waals surface area (Å²) in [5, 5.41) is 7.04. The second-order valence-electron chi connectivity index (χ2n) is 16.8. The molecule has 5 atom stereocenters. The fraction of sp³-hybridized carbons (Fsp3) is 0.625. The van der Waals surface area contributed by atoms with Crippen LogP contribution in [0.2, 0.25) is 0 Å². The van der Waals surface area contributed by atoms with Crippen molar-refractivity contribution < 1.29 is 32.3 Å². The van der Waals surface area contributed by atoms with Gasteiger partial charge in [-0.2, -0.15) is 0 Å². The molecule has 1 aromatic heterocycles. The Balaban J connectivity index is 1.13. The first-order chi connectivity index (χ1) is 25.8. The van der Waals surface area contributed by atoms with Crippen LogP contribution in [0.3, 0.4) is 0 Å². The van der Waals surface area contributed by atoms with Gasteiger partial charge in [0.15, 0.2) is 0 Å². The molecule has 1 spiro atoms. The number of nitrogens with one attached hydrogen (secondary N) is 3. The highest BCUT2D eigenvalue weighted by atomic mass is 32.2. The number of nitrogens with zero attached hydrogens (tertiary/aromatic N) is 3. The highest BCUT2D eigenvalue weighted by molar-refractivity contribution is 7.91. The molecule has 6 aliphatic rings. The average Bonchev–Trinajstić information content (AvgIpc) is 4.05. The molecule has 54 heavy (non-hydrogen) atoms. The summed E-state index contributed by atoms with van der Waals surface area (Å²) < 4.78 is 34.6. The maximum Gasteiger partial charge on any atom is 0.318 e. The van der Waals surface area contributed by atoms with Crippen molar-refractivity contribution in [2.75, 3.05) is 19.6 Å². The number of fused-ring (bicyclic) bond motifs is 5. The van der Waals surface area contributed by atoms with Crippen LogP contribution >= 0.6 is 0 Å². The number of sulfonamides is 1. The number of carbonyl (C=O) groups is 4. The molecule has 2 aliphatic carbocycles. The lowest BCUT2D eigenvalue weighted by molar-refractivity contribution is -0.141. The SMILES string of the molecule is Cc1nc2ccccc2c2c1O[C@]1(CC2)C[C@H]2C(=O)N[C@]3(C(=O)NS(=O)(=O)C4(C)CC4)C[C@H]3C=CCCCCC[C@H](NC(=O)N3CCCCC3)C(=O)N2C1. The maximum absolute atomic E-state index is 14.8. The molecular weight excluding hydrogens is 709 g/mol. The third-order valence-corrected chi connectivity index (χ3v) is 15.0. The van der Waals surface area contributed by atoms with E-state index in [2.05, 4.69) is 15.4 Å². The zero-order chi connectivity index (χ0) is 37.9. The normalized spacial score (nSPS) is 30.9. The summed E-state index contributed by atoms with van der Waals surface area (Å²) in [6.07, 6.45) is 12.8. The lowest BCUT2D eigenvalue weighted by Crippen LogP contribution is -2.59. The van der Waals surface area contributed by atoms with Gasteiger partial charge in [-0.25, -0.2) is 18.2 Å². The fourth-order valence-corrected chi connectivity index (χ4v) is 10.3. The number of allylic oxidation sites excluding steroid dienone is 1. The molecule has 0 unspecified atom stereocenters. The molecule has 0 radical (unpaired) electrons. The molecule has 4 fully saturated rings. The summed E-state index contributed by atoms with van der Waals surface area (Å²) in [7, 11) is -3.96. The van der Waals surface area contributed by atoms with Crippen LogP contribution in [0.1, 0.15) is 102 Å². The summed E-state index contributed by atoms with van der Waals surface area (Å²) in [5.74, 6) is -1.39. The van der Waals surface area contributed by atoms with Crippen LogP contribution in [0.25, 0.3) is 10.9 Å². The molecule has 8 rings (SSSR count). The number of pyridine rings is 1. The van der Waals surface area contributed by atoms with E-state index in [4.69, 9.17) is 9.72 Å². The molecule has 13 nitrogen and oxygen atoms in total. The number of benzene rings is 1. The zero-order valence-electron chi connectivity index (χ0n) is 31.3. The Labute approximate surface area is 317 Å². The minimum atomic E-state index is -3.96. The van der Waals surface area contributed by atoms with Gasteiger partial charge in [0.2, 0.25) is 21.8 Å². The summed E-state index contributed by atoms with van der Waals surface area (Å²) in [6, 6.07) is 5.77. The van der Waals surface area contributed by atoms with Gasteiger partial charge in [-0.15, -0.1) is 0 Å². The third-order valence-electron chi connectivity index (χ3n) is 12.8. The summed E-state index contributed by atoms with van der Waals surface area (Å²) in [6.45, 7) is 4.89. The van der Waals surface area contributed by atoms with Gasteiger partial charge < -0.3 is 25.2 Å². The minimum Gasteiger partial charge on any atom is -0.483 e. The molecule has 5 heterocycles. The quantitative estimate of drug-likeness (QED) is 0.391. The molecule has 2 saturated heterocycles. The molecular formula is C40H52N6O7S. The van der Waals surface area contributed by atoms with Gasteiger partial charge >= 0.3 is 6.03 Å². The monoisotopic (exact) mass is 760 g/mol. The Bertz CT molecular complexity index is 2010. The van der Waals surface area contributed by atoms with Crippen molar-refractivity contribution in [3.63, 3.8) is 0 Å².